The van der Waals surface area contributed by atoms with Crippen molar-refractivity contribution in [3.63, 3.8) is 0 Å². The van der Waals surface area contributed by atoms with Crippen molar-refractivity contribution in [2.75, 3.05) is 19.6 Å². The monoisotopic (exact) mass is 336 g/mol. The summed E-state index contributed by atoms with van der Waals surface area (Å²) in [5, 5.41) is 6.34. The Balaban J connectivity index is 1.74. The van der Waals surface area contributed by atoms with Crippen LogP contribution in [0.2, 0.25) is 0 Å². The van der Waals surface area contributed by atoms with Gasteiger partial charge in [0.2, 0.25) is 0 Å². The van der Waals surface area contributed by atoms with E-state index in [1.54, 1.807) is 36.4 Å². The molecule has 0 bridgehead atoms. The molecule has 1 amide bonds. The Morgan fingerprint density at radius 3 is 2.48 bits per heavy atom. The summed E-state index contributed by atoms with van der Waals surface area (Å²) in [6.07, 6.45) is 2.26. The molecular weight excluding hydrogens is 312 g/mol. The second-order valence-electron chi connectivity index (χ2n) is 6.66. The number of hydrogen-bond donors (Lipinski definition) is 2. The van der Waals surface area contributed by atoms with E-state index in [0.29, 0.717) is 29.2 Å². The smallest absolute Gasteiger partial charge is 0.252 e. The van der Waals surface area contributed by atoms with Gasteiger partial charge in [-0.25, -0.2) is 0 Å². The summed E-state index contributed by atoms with van der Waals surface area (Å²) in [7, 11) is 0. The molecule has 1 heterocycles. The number of aryl methyl sites for hydroxylation is 1. The quantitative estimate of drug-likeness (QED) is 0.826. The molecule has 4 heteroatoms. The van der Waals surface area contributed by atoms with Gasteiger partial charge in [-0.05, 0) is 44.8 Å². The van der Waals surface area contributed by atoms with Crippen molar-refractivity contribution >= 4 is 11.7 Å². The minimum atomic E-state index is -0.179. The number of hydrogen-bond acceptors (Lipinski definition) is 3. The maximum Gasteiger partial charge on any atom is 0.252 e. The van der Waals surface area contributed by atoms with Gasteiger partial charge in [0.25, 0.3) is 5.91 Å². The van der Waals surface area contributed by atoms with Crippen LogP contribution in [0.5, 0.6) is 0 Å². The molecule has 4 nitrogen and oxygen atoms in total. The van der Waals surface area contributed by atoms with E-state index in [4.69, 9.17) is 0 Å². The topological polar surface area (TPSA) is 58.2 Å². The largest absolute Gasteiger partial charge is 0.352 e. The first kappa shape index (κ1) is 17.4. The van der Waals surface area contributed by atoms with Crippen LogP contribution < -0.4 is 10.6 Å². The number of ketones is 1. The van der Waals surface area contributed by atoms with E-state index in [-0.39, 0.29) is 11.7 Å². The summed E-state index contributed by atoms with van der Waals surface area (Å²) in [6, 6.07) is 14.5. The third-order valence-corrected chi connectivity index (χ3v) is 4.68. The van der Waals surface area contributed by atoms with Crippen molar-refractivity contribution in [3.05, 3.63) is 70.8 Å². The first-order valence-corrected chi connectivity index (χ1v) is 8.84. The summed E-state index contributed by atoms with van der Waals surface area (Å²) in [5.41, 5.74) is 2.59. The van der Waals surface area contributed by atoms with Crippen LogP contribution in [0.15, 0.2) is 48.5 Å². The standard InChI is InChI=1S/C21H24N2O2/c1-15-8-10-17(11-9-15)20(24)18-6-2-3-7-19(18)21(25)23-14-16-5-4-12-22-13-16/h2-3,6-11,16,22H,4-5,12-14H2,1H3,(H,23,25). The summed E-state index contributed by atoms with van der Waals surface area (Å²) in [6.45, 7) is 4.61. The average molecular weight is 336 g/mol. The van der Waals surface area contributed by atoms with E-state index in [2.05, 4.69) is 10.6 Å². The van der Waals surface area contributed by atoms with Crippen LogP contribution in [-0.4, -0.2) is 31.3 Å². The summed E-state index contributed by atoms with van der Waals surface area (Å²) < 4.78 is 0. The molecule has 25 heavy (non-hydrogen) atoms. The fourth-order valence-electron chi connectivity index (χ4n) is 3.17. The number of nitrogens with one attached hydrogen (secondary N) is 2. The maximum absolute atomic E-state index is 12.8. The molecule has 2 aromatic carbocycles. The zero-order chi connectivity index (χ0) is 17.6. The third-order valence-electron chi connectivity index (χ3n) is 4.68. The Bertz CT molecular complexity index is 747. The molecule has 1 aliphatic heterocycles. The molecule has 0 spiro atoms. The molecule has 0 aliphatic carbocycles. The minimum absolute atomic E-state index is 0.120. The number of benzene rings is 2. The molecule has 1 unspecified atom stereocenters. The second kappa shape index (κ2) is 8.08. The number of carbonyl (C=O) groups is 2. The van der Waals surface area contributed by atoms with Crippen molar-refractivity contribution in [1.29, 1.82) is 0 Å². The predicted octanol–water partition coefficient (Wildman–Crippen LogP) is 2.96. The number of rotatable bonds is 5. The van der Waals surface area contributed by atoms with Gasteiger partial charge in [0.1, 0.15) is 0 Å². The fraction of sp³-hybridized carbons (Fsp3) is 0.333. The van der Waals surface area contributed by atoms with E-state index in [1.807, 2.05) is 19.1 Å². The summed E-state index contributed by atoms with van der Waals surface area (Å²) in [5.74, 6) is 0.157. The molecule has 1 fully saturated rings. The Kier molecular flexibility index (Phi) is 5.61. The van der Waals surface area contributed by atoms with Crippen LogP contribution in [-0.2, 0) is 0 Å². The Morgan fingerprint density at radius 1 is 1.08 bits per heavy atom. The minimum Gasteiger partial charge on any atom is -0.352 e. The first-order chi connectivity index (χ1) is 12.1. The van der Waals surface area contributed by atoms with Gasteiger partial charge in [-0.2, -0.15) is 0 Å². The van der Waals surface area contributed by atoms with Crippen molar-refractivity contribution in [2.24, 2.45) is 5.92 Å². The zero-order valence-corrected chi connectivity index (χ0v) is 14.5. The van der Waals surface area contributed by atoms with Crippen LogP contribution in [0.3, 0.4) is 0 Å². The van der Waals surface area contributed by atoms with E-state index in [1.165, 1.54) is 0 Å². The van der Waals surface area contributed by atoms with Gasteiger partial charge in [-0.15, -0.1) is 0 Å². The van der Waals surface area contributed by atoms with Gasteiger partial charge >= 0.3 is 0 Å². The van der Waals surface area contributed by atoms with Crippen molar-refractivity contribution in [3.8, 4) is 0 Å². The van der Waals surface area contributed by atoms with Gasteiger partial charge in [0.05, 0.1) is 5.56 Å². The third kappa shape index (κ3) is 4.34. The lowest BCUT2D eigenvalue weighted by atomic mass is 9.96. The maximum atomic E-state index is 12.8. The van der Waals surface area contributed by atoms with Gasteiger partial charge < -0.3 is 10.6 Å². The summed E-state index contributed by atoms with van der Waals surface area (Å²) in [4.78, 5) is 25.4. The lowest BCUT2D eigenvalue weighted by Crippen LogP contribution is -2.38. The highest BCUT2D eigenvalue weighted by Gasteiger charge is 2.19. The number of piperidine rings is 1. The van der Waals surface area contributed by atoms with E-state index in [0.717, 1.165) is 31.5 Å². The Hall–Kier alpha value is -2.46. The van der Waals surface area contributed by atoms with Gasteiger partial charge in [-0.1, -0.05) is 48.0 Å². The normalized spacial score (nSPS) is 17.1. The molecule has 0 aromatic heterocycles. The highest BCUT2D eigenvalue weighted by atomic mass is 16.2. The highest BCUT2D eigenvalue weighted by molar-refractivity contribution is 6.15. The van der Waals surface area contributed by atoms with Gasteiger partial charge in [0, 0.05) is 17.7 Å². The molecule has 1 saturated heterocycles. The first-order valence-electron chi connectivity index (χ1n) is 8.84. The van der Waals surface area contributed by atoms with Crippen LogP contribution >= 0.6 is 0 Å². The number of amides is 1. The Morgan fingerprint density at radius 2 is 1.80 bits per heavy atom. The Labute approximate surface area is 148 Å². The van der Waals surface area contributed by atoms with Crippen molar-refractivity contribution in [2.45, 2.75) is 19.8 Å². The van der Waals surface area contributed by atoms with E-state index >= 15 is 0 Å². The van der Waals surface area contributed by atoms with Crippen LogP contribution in [0, 0.1) is 12.8 Å². The lowest BCUT2D eigenvalue weighted by Gasteiger charge is -2.23. The zero-order valence-electron chi connectivity index (χ0n) is 14.5. The molecular formula is C21H24N2O2. The van der Waals surface area contributed by atoms with Gasteiger partial charge in [-0.3, -0.25) is 9.59 Å². The van der Waals surface area contributed by atoms with Crippen molar-refractivity contribution in [1.82, 2.24) is 10.6 Å². The predicted molar refractivity (Wildman–Crippen MR) is 99.0 cm³/mol. The SMILES string of the molecule is Cc1ccc(C(=O)c2ccccc2C(=O)NCC2CCCNC2)cc1. The van der Waals surface area contributed by atoms with Gasteiger partial charge in [0.15, 0.2) is 5.78 Å². The van der Waals surface area contributed by atoms with Crippen LogP contribution in [0.4, 0.5) is 0 Å². The highest BCUT2D eigenvalue weighted by Crippen LogP contribution is 2.16. The molecule has 1 aliphatic rings. The second-order valence-corrected chi connectivity index (χ2v) is 6.66. The van der Waals surface area contributed by atoms with E-state index < -0.39 is 0 Å². The molecule has 0 saturated carbocycles. The molecule has 3 rings (SSSR count). The fourth-order valence-corrected chi connectivity index (χ4v) is 3.17. The lowest BCUT2D eigenvalue weighted by molar-refractivity contribution is 0.0934. The molecule has 1 atom stereocenters. The van der Waals surface area contributed by atoms with Crippen LogP contribution in [0.25, 0.3) is 0 Å². The van der Waals surface area contributed by atoms with Crippen LogP contribution in [0.1, 0.15) is 44.7 Å². The van der Waals surface area contributed by atoms with E-state index in [9.17, 15) is 9.59 Å². The molecule has 2 aromatic rings. The molecule has 130 valence electrons. The number of carbonyl (C=O) groups excluding carboxylic acids is 2. The molecule has 2 N–H and O–H groups in total. The molecule has 0 radical (unpaired) electrons. The average Bonchev–Trinajstić information content (AvgIpc) is 2.67. The van der Waals surface area contributed by atoms with Crippen molar-refractivity contribution < 1.29 is 9.59 Å². The summed E-state index contributed by atoms with van der Waals surface area (Å²) >= 11 is 0.